The van der Waals surface area contributed by atoms with Gasteiger partial charge in [-0.1, -0.05) is 57.9 Å². The number of rotatable bonds is 10. The van der Waals surface area contributed by atoms with Crippen molar-refractivity contribution in [2.45, 2.75) is 71.4 Å². The zero-order valence-electron chi connectivity index (χ0n) is 17.2. The molecule has 0 saturated carbocycles. The van der Waals surface area contributed by atoms with E-state index < -0.39 is 12.1 Å². The number of likely N-dealkylation sites (tertiary alicyclic amines) is 1. The van der Waals surface area contributed by atoms with Crippen LogP contribution in [-0.4, -0.2) is 45.7 Å². The summed E-state index contributed by atoms with van der Waals surface area (Å²) in [7, 11) is 0. The number of aromatic carboxylic acids is 1. The van der Waals surface area contributed by atoms with Gasteiger partial charge in [-0.15, -0.1) is 0 Å². The maximum atomic E-state index is 12.3. The van der Waals surface area contributed by atoms with Gasteiger partial charge in [0.2, 0.25) is 5.91 Å². The molecular formula is C23H33NO4. The minimum Gasteiger partial charge on any atom is -0.478 e. The van der Waals surface area contributed by atoms with Gasteiger partial charge in [0.05, 0.1) is 17.7 Å². The van der Waals surface area contributed by atoms with Crippen LogP contribution in [0.25, 0.3) is 0 Å². The molecule has 1 heterocycles. The fourth-order valence-electron chi connectivity index (χ4n) is 3.58. The molecule has 2 atom stereocenters. The maximum Gasteiger partial charge on any atom is 0.335 e. The van der Waals surface area contributed by atoms with E-state index in [-0.39, 0.29) is 22.9 Å². The standard InChI is InChI=1S/C23H33NO4/c1-4-5-15-23(2,3)20(25)12-10-19-11-13-21(26)24(19)16-14-17-6-8-18(9-7-17)22(27)28/h6-10,12,19-20,25H,4-5,11,13-16H2,1-3H3,(H,27,28)/b12-10+/t19-,20+/m0/s1. The molecule has 2 N–H and O–H groups in total. The molecule has 1 fully saturated rings. The third-order valence-electron chi connectivity index (χ3n) is 5.71. The van der Waals surface area contributed by atoms with E-state index in [2.05, 4.69) is 20.8 Å². The zero-order chi connectivity index (χ0) is 20.7. The Labute approximate surface area is 168 Å². The second kappa shape index (κ2) is 9.87. The Hall–Kier alpha value is -2.14. The Kier molecular flexibility index (Phi) is 7.81. The number of carboxylic acid groups (broad SMARTS) is 1. The van der Waals surface area contributed by atoms with Crippen molar-refractivity contribution in [2.75, 3.05) is 6.54 Å². The van der Waals surface area contributed by atoms with Crippen molar-refractivity contribution in [3.8, 4) is 0 Å². The predicted octanol–water partition coefficient (Wildman–Crippen LogP) is 4.05. The van der Waals surface area contributed by atoms with Crippen LogP contribution in [0.15, 0.2) is 36.4 Å². The van der Waals surface area contributed by atoms with Crippen LogP contribution in [-0.2, 0) is 11.2 Å². The van der Waals surface area contributed by atoms with Gasteiger partial charge in [-0.25, -0.2) is 4.79 Å². The van der Waals surface area contributed by atoms with E-state index in [0.29, 0.717) is 19.4 Å². The van der Waals surface area contributed by atoms with Crippen molar-refractivity contribution in [3.05, 3.63) is 47.5 Å². The first kappa shape index (κ1) is 22.2. The summed E-state index contributed by atoms with van der Waals surface area (Å²) in [5.41, 5.74) is 1.10. The minimum absolute atomic E-state index is 0.0161. The number of carbonyl (C=O) groups excluding carboxylic acids is 1. The average Bonchev–Trinajstić information content (AvgIpc) is 3.02. The SMILES string of the molecule is CCCCC(C)(C)[C@H](O)/C=C/[C@H]1CCC(=O)N1CCc1ccc(C(=O)O)cc1. The quantitative estimate of drug-likeness (QED) is 0.594. The maximum absolute atomic E-state index is 12.3. The monoisotopic (exact) mass is 387 g/mol. The number of nitrogens with zero attached hydrogens (tertiary/aromatic N) is 1. The third kappa shape index (κ3) is 5.93. The average molecular weight is 388 g/mol. The number of amides is 1. The lowest BCUT2D eigenvalue weighted by atomic mass is 9.81. The molecule has 0 spiro atoms. The molecule has 1 aliphatic heterocycles. The van der Waals surface area contributed by atoms with Crippen LogP contribution < -0.4 is 0 Å². The van der Waals surface area contributed by atoms with E-state index in [1.165, 1.54) is 0 Å². The van der Waals surface area contributed by atoms with Crippen molar-refractivity contribution < 1.29 is 19.8 Å². The van der Waals surface area contributed by atoms with Gasteiger partial charge in [0.15, 0.2) is 0 Å². The molecule has 1 aliphatic rings. The molecule has 0 radical (unpaired) electrons. The van der Waals surface area contributed by atoms with Gasteiger partial charge in [0.1, 0.15) is 0 Å². The van der Waals surface area contributed by atoms with Gasteiger partial charge in [-0.05, 0) is 42.4 Å². The molecule has 1 aromatic carbocycles. The summed E-state index contributed by atoms with van der Waals surface area (Å²) in [5.74, 6) is -0.802. The summed E-state index contributed by atoms with van der Waals surface area (Å²) < 4.78 is 0. The molecule has 0 aliphatic carbocycles. The fourth-order valence-corrected chi connectivity index (χ4v) is 3.58. The summed E-state index contributed by atoms with van der Waals surface area (Å²) in [5, 5.41) is 19.5. The van der Waals surface area contributed by atoms with Crippen LogP contribution in [0.1, 0.15) is 68.8 Å². The van der Waals surface area contributed by atoms with Crippen LogP contribution in [0, 0.1) is 5.41 Å². The van der Waals surface area contributed by atoms with Crippen molar-refractivity contribution >= 4 is 11.9 Å². The summed E-state index contributed by atoms with van der Waals surface area (Å²) in [6, 6.07) is 6.80. The van der Waals surface area contributed by atoms with Crippen molar-refractivity contribution in [1.29, 1.82) is 0 Å². The molecular weight excluding hydrogens is 354 g/mol. The van der Waals surface area contributed by atoms with Gasteiger partial charge < -0.3 is 15.1 Å². The zero-order valence-corrected chi connectivity index (χ0v) is 17.2. The summed E-state index contributed by atoms with van der Waals surface area (Å²) >= 11 is 0. The first-order chi connectivity index (χ1) is 13.2. The first-order valence-corrected chi connectivity index (χ1v) is 10.2. The highest BCUT2D eigenvalue weighted by Crippen LogP contribution is 2.29. The normalized spacial score (nSPS) is 18.8. The lowest BCUT2D eigenvalue weighted by Crippen LogP contribution is -2.34. The Balaban J connectivity index is 1.95. The number of carboxylic acids is 1. The molecule has 28 heavy (non-hydrogen) atoms. The van der Waals surface area contributed by atoms with Crippen molar-refractivity contribution in [1.82, 2.24) is 4.90 Å². The lowest BCUT2D eigenvalue weighted by Gasteiger charge is -2.29. The predicted molar refractivity (Wildman–Crippen MR) is 110 cm³/mol. The smallest absolute Gasteiger partial charge is 0.335 e. The Morgan fingerprint density at radius 1 is 1.32 bits per heavy atom. The minimum atomic E-state index is -0.938. The van der Waals surface area contributed by atoms with Crippen molar-refractivity contribution in [3.63, 3.8) is 0 Å². The van der Waals surface area contributed by atoms with E-state index in [4.69, 9.17) is 5.11 Å². The third-order valence-corrected chi connectivity index (χ3v) is 5.71. The molecule has 1 saturated heterocycles. The number of benzene rings is 1. The second-order valence-corrected chi connectivity index (χ2v) is 8.37. The molecule has 5 heteroatoms. The molecule has 154 valence electrons. The van der Waals surface area contributed by atoms with E-state index in [1.807, 2.05) is 17.1 Å². The topological polar surface area (TPSA) is 77.8 Å². The van der Waals surface area contributed by atoms with Crippen LogP contribution in [0.3, 0.4) is 0 Å². The molecule has 1 amide bonds. The number of hydrogen-bond donors (Lipinski definition) is 2. The van der Waals surface area contributed by atoms with E-state index in [9.17, 15) is 14.7 Å². The molecule has 0 aromatic heterocycles. The van der Waals surface area contributed by atoms with Gasteiger partial charge in [-0.2, -0.15) is 0 Å². The summed E-state index contributed by atoms with van der Waals surface area (Å²) in [6.45, 7) is 6.90. The van der Waals surface area contributed by atoms with Gasteiger partial charge in [0.25, 0.3) is 0 Å². The van der Waals surface area contributed by atoms with E-state index >= 15 is 0 Å². The number of carbonyl (C=O) groups is 2. The van der Waals surface area contributed by atoms with Crippen LogP contribution in [0.4, 0.5) is 0 Å². The molecule has 0 bridgehead atoms. The number of aliphatic hydroxyl groups excluding tert-OH is 1. The van der Waals surface area contributed by atoms with Gasteiger partial charge in [0, 0.05) is 13.0 Å². The van der Waals surface area contributed by atoms with Crippen LogP contribution in [0.2, 0.25) is 0 Å². The largest absolute Gasteiger partial charge is 0.478 e. The van der Waals surface area contributed by atoms with Crippen molar-refractivity contribution in [2.24, 2.45) is 5.41 Å². The highest BCUT2D eigenvalue weighted by Gasteiger charge is 2.30. The fraction of sp³-hybridized carbons (Fsp3) is 0.565. The Bertz CT molecular complexity index is 693. The highest BCUT2D eigenvalue weighted by molar-refractivity contribution is 5.87. The molecule has 5 nitrogen and oxygen atoms in total. The Morgan fingerprint density at radius 2 is 2.00 bits per heavy atom. The molecule has 1 aromatic rings. The number of unbranched alkanes of at least 4 members (excludes halogenated alkanes) is 1. The highest BCUT2D eigenvalue weighted by atomic mass is 16.4. The Morgan fingerprint density at radius 3 is 2.61 bits per heavy atom. The van der Waals surface area contributed by atoms with E-state index in [0.717, 1.165) is 31.2 Å². The first-order valence-electron chi connectivity index (χ1n) is 10.2. The molecule has 2 rings (SSSR count). The van der Waals surface area contributed by atoms with E-state index in [1.54, 1.807) is 24.3 Å². The number of aliphatic hydroxyl groups is 1. The van der Waals surface area contributed by atoms with Crippen LogP contribution in [0.5, 0.6) is 0 Å². The summed E-state index contributed by atoms with van der Waals surface area (Å²) in [6.07, 6.45) is 8.46. The van der Waals surface area contributed by atoms with Crippen LogP contribution >= 0.6 is 0 Å². The second-order valence-electron chi connectivity index (χ2n) is 8.37. The lowest BCUT2D eigenvalue weighted by molar-refractivity contribution is -0.128. The number of hydrogen-bond acceptors (Lipinski definition) is 3. The van der Waals surface area contributed by atoms with Gasteiger partial charge >= 0.3 is 5.97 Å². The van der Waals surface area contributed by atoms with Gasteiger partial charge in [-0.3, -0.25) is 4.79 Å². The summed E-state index contributed by atoms with van der Waals surface area (Å²) in [4.78, 5) is 25.1. The molecule has 0 unspecified atom stereocenters.